The van der Waals surface area contributed by atoms with Crippen LogP contribution in [0.15, 0.2) is 0 Å². The minimum absolute atomic E-state index is 0.120. The van der Waals surface area contributed by atoms with E-state index in [1.165, 1.54) is 0 Å². The van der Waals surface area contributed by atoms with Crippen LogP contribution in [0.1, 0.15) is 33.1 Å². The molecule has 2 aliphatic rings. The standard InChI is InChI=1S/C10H15ClO2/c1-9(2)6-3-4-10(9,8(12)13)7(11)5-6/h6-7H,3-5H2,1-2H3,(H,12,13). The Morgan fingerprint density at radius 3 is 2.38 bits per heavy atom. The Kier molecular flexibility index (Phi) is 1.73. The highest BCUT2D eigenvalue weighted by molar-refractivity contribution is 6.23. The Hall–Kier alpha value is -0.240. The van der Waals surface area contributed by atoms with E-state index in [1.807, 2.05) is 0 Å². The average Bonchev–Trinajstić information content (AvgIpc) is 2.35. The predicted molar refractivity (Wildman–Crippen MR) is 50.8 cm³/mol. The lowest BCUT2D eigenvalue weighted by Crippen LogP contribution is -2.43. The molecule has 2 aliphatic carbocycles. The van der Waals surface area contributed by atoms with E-state index in [4.69, 9.17) is 11.6 Å². The van der Waals surface area contributed by atoms with E-state index in [9.17, 15) is 9.90 Å². The first kappa shape index (κ1) is 9.32. The normalized spacial score (nSPS) is 46.7. The van der Waals surface area contributed by atoms with E-state index < -0.39 is 11.4 Å². The van der Waals surface area contributed by atoms with Gasteiger partial charge in [-0.1, -0.05) is 13.8 Å². The van der Waals surface area contributed by atoms with Gasteiger partial charge < -0.3 is 5.11 Å². The molecule has 0 radical (unpaired) electrons. The fourth-order valence-electron chi connectivity index (χ4n) is 3.39. The number of carboxylic acids is 1. The van der Waals surface area contributed by atoms with Crippen molar-refractivity contribution in [3.63, 3.8) is 0 Å². The molecule has 2 nitrogen and oxygen atoms in total. The molecule has 2 saturated carbocycles. The average molecular weight is 203 g/mol. The topological polar surface area (TPSA) is 37.3 Å². The van der Waals surface area contributed by atoms with Crippen LogP contribution in [0.4, 0.5) is 0 Å². The van der Waals surface area contributed by atoms with Gasteiger partial charge in [-0.3, -0.25) is 4.79 Å². The lowest BCUT2D eigenvalue weighted by Gasteiger charge is -2.35. The number of carbonyl (C=O) groups is 1. The maximum atomic E-state index is 11.3. The van der Waals surface area contributed by atoms with Crippen molar-refractivity contribution in [2.45, 2.75) is 38.5 Å². The maximum absolute atomic E-state index is 11.3. The van der Waals surface area contributed by atoms with Gasteiger partial charge in [0.15, 0.2) is 0 Å². The Labute approximate surface area is 83.3 Å². The molecule has 74 valence electrons. The van der Waals surface area contributed by atoms with Gasteiger partial charge >= 0.3 is 5.97 Å². The maximum Gasteiger partial charge on any atom is 0.311 e. The lowest BCUT2D eigenvalue weighted by atomic mass is 9.69. The van der Waals surface area contributed by atoms with Crippen molar-refractivity contribution in [3.8, 4) is 0 Å². The zero-order chi connectivity index (χ0) is 9.85. The zero-order valence-corrected chi connectivity index (χ0v) is 8.77. The predicted octanol–water partition coefficient (Wildman–Crippen LogP) is 2.50. The summed E-state index contributed by atoms with van der Waals surface area (Å²) < 4.78 is 0. The van der Waals surface area contributed by atoms with E-state index in [1.54, 1.807) is 0 Å². The SMILES string of the molecule is CC1(C)C2CCC1(C(=O)O)C(Cl)C2. The molecule has 13 heavy (non-hydrogen) atoms. The molecule has 3 unspecified atom stereocenters. The van der Waals surface area contributed by atoms with E-state index in [2.05, 4.69) is 13.8 Å². The second-order valence-corrected chi connectivity index (χ2v) is 5.46. The Morgan fingerprint density at radius 2 is 2.15 bits per heavy atom. The second kappa shape index (κ2) is 2.41. The van der Waals surface area contributed by atoms with Gasteiger partial charge in [-0.2, -0.15) is 0 Å². The highest BCUT2D eigenvalue weighted by Gasteiger charge is 2.67. The molecule has 3 heteroatoms. The molecule has 0 aromatic heterocycles. The molecule has 3 atom stereocenters. The number of halogens is 1. The minimum Gasteiger partial charge on any atom is -0.481 e. The van der Waals surface area contributed by atoms with Crippen molar-refractivity contribution in [1.82, 2.24) is 0 Å². The quantitative estimate of drug-likeness (QED) is 0.664. The third-order valence-electron chi connectivity index (χ3n) is 4.47. The molecule has 0 heterocycles. The molecule has 0 aromatic carbocycles. The number of alkyl halides is 1. The molecule has 2 fully saturated rings. The molecule has 0 saturated heterocycles. The van der Waals surface area contributed by atoms with Crippen LogP contribution in [0.3, 0.4) is 0 Å². The van der Waals surface area contributed by atoms with Gasteiger partial charge in [0.25, 0.3) is 0 Å². The van der Waals surface area contributed by atoms with Gasteiger partial charge in [0.2, 0.25) is 0 Å². The van der Waals surface area contributed by atoms with Crippen LogP contribution >= 0.6 is 11.6 Å². The molecule has 2 rings (SSSR count). The van der Waals surface area contributed by atoms with Crippen molar-refractivity contribution < 1.29 is 9.90 Å². The molecule has 0 aromatic rings. The van der Waals surface area contributed by atoms with E-state index in [0.29, 0.717) is 5.92 Å². The van der Waals surface area contributed by atoms with Crippen LogP contribution in [0.2, 0.25) is 0 Å². The number of hydrogen-bond donors (Lipinski definition) is 1. The first-order valence-corrected chi connectivity index (χ1v) is 5.24. The fraction of sp³-hybridized carbons (Fsp3) is 0.900. The van der Waals surface area contributed by atoms with Gasteiger partial charge in [-0.05, 0) is 30.6 Å². The van der Waals surface area contributed by atoms with Gasteiger partial charge in [0.05, 0.1) is 10.8 Å². The monoisotopic (exact) mass is 202 g/mol. The summed E-state index contributed by atoms with van der Waals surface area (Å²) in [5, 5.41) is 9.14. The van der Waals surface area contributed by atoms with Crippen LogP contribution in [0.25, 0.3) is 0 Å². The van der Waals surface area contributed by atoms with Crippen LogP contribution in [0, 0.1) is 16.7 Å². The Bertz CT molecular complexity index is 262. The van der Waals surface area contributed by atoms with Crippen molar-refractivity contribution in [2.24, 2.45) is 16.7 Å². The van der Waals surface area contributed by atoms with Crippen LogP contribution < -0.4 is 0 Å². The van der Waals surface area contributed by atoms with Gasteiger partial charge in [0, 0.05) is 0 Å². The summed E-state index contributed by atoms with van der Waals surface area (Å²) in [6.45, 7) is 4.11. The Balaban J connectivity index is 2.49. The minimum atomic E-state index is -0.697. The highest BCUT2D eigenvalue weighted by atomic mass is 35.5. The molecule has 0 aliphatic heterocycles. The van der Waals surface area contributed by atoms with Crippen molar-refractivity contribution in [1.29, 1.82) is 0 Å². The third kappa shape index (κ3) is 0.829. The summed E-state index contributed by atoms with van der Waals surface area (Å²) in [5.41, 5.74) is -0.773. The first-order chi connectivity index (χ1) is 5.93. The van der Waals surface area contributed by atoms with E-state index in [0.717, 1.165) is 19.3 Å². The summed E-state index contributed by atoms with van der Waals surface area (Å²) in [5.74, 6) is -0.191. The molecular formula is C10H15ClO2. The highest BCUT2D eigenvalue weighted by Crippen LogP contribution is 2.67. The van der Waals surface area contributed by atoms with Crippen molar-refractivity contribution in [3.05, 3.63) is 0 Å². The summed E-state index contributed by atoms with van der Waals surface area (Å²) in [7, 11) is 0. The molecule has 0 spiro atoms. The smallest absolute Gasteiger partial charge is 0.311 e. The summed E-state index contributed by atoms with van der Waals surface area (Å²) in [6, 6.07) is 0. The molecule has 1 N–H and O–H groups in total. The summed E-state index contributed by atoms with van der Waals surface area (Å²) in [6.07, 6.45) is 2.66. The number of hydrogen-bond acceptors (Lipinski definition) is 1. The van der Waals surface area contributed by atoms with Gasteiger partial charge in [-0.25, -0.2) is 0 Å². The second-order valence-electron chi connectivity index (χ2n) is 4.94. The Morgan fingerprint density at radius 1 is 1.54 bits per heavy atom. The summed E-state index contributed by atoms with van der Waals surface area (Å²) >= 11 is 6.16. The lowest BCUT2D eigenvalue weighted by molar-refractivity contribution is -0.153. The molecule has 2 bridgehead atoms. The third-order valence-corrected chi connectivity index (χ3v) is 5.02. The zero-order valence-electron chi connectivity index (χ0n) is 8.01. The molecular weight excluding hydrogens is 188 g/mol. The summed E-state index contributed by atoms with van der Waals surface area (Å²) in [4.78, 5) is 11.3. The number of fused-ring (bicyclic) bond motifs is 2. The first-order valence-electron chi connectivity index (χ1n) is 4.80. The van der Waals surface area contributed by atoms with Crippen LogP contribution in [-0.2, 0) is 4.79 Å². The van der Waals surface area contributed by atoms with E-state index >= 15 is 0 Å². The molecule has 0 amide bonds. The van der Waals surface area contributed by atoms with Crippen LogP contribution in [-0.4, -0.2) is 16.5 Å². The van der Waals surface area contributed by atoms with E-state index in [-0.39, 0.29) is 10.8 Å². The number of aliphatic carboxylic acids is 1. The van der Waals surface area contributed by atoms with Crippen molar-refractivity contribution >= 4 is 17.6 Å². The van der Waals surface area contributed by atoms with Gasteiger partial charge in [-0.15, -0.1) is 11.6 Å². The largest absolute Gasteiger partial charge is 0.481 e. The fourth-order valence-corrected chi connectivity index (χ4v) is 4.09. The van der Waals surface area contributed by atoms with Crippen molar-refractivity contribution in [2.75, 3.05) is 0 Å². The van der Waals surface area contributed by atoms with Crippen LogP contribution in [0.5, 0.6) is 0 Å². The number of rotatable bonds is 1. The number of carboxylic acid groups (broad SMARTS) is 1. The van der Waals surface area contributed by atoms with Gasteiger partial charge in [0.1, 0.15) is 0 Å².